The molecule has 0 spiro atoms. The van der Waals surface area contributed by atoms with Crippen molar-refractivity contribution in [3.05, 3.63) is 47.9 Å². The number of anilines is 1. The van der Waals surface area contributed by atoms with E-state index in [2.05, 4.69) is 15.3 Å². The van der Waals surface area contributed by atoms with E-state index in [9.17, 15) is 4.79 Å². The van der Waals surface area contributed by atoms with Gasteiger partial charge < -0.3 is 15.0 Å². The number of H-pyrrole nitrogens is 1. The molecule has 4 aliphatic rings. The molecular formula is C26H30N4O2. The van der Waals surface area contributed by atoms with Crippen molar-refractivity contribution in [1.82, 2.24) is 15.0 Å². The number of aromatic nitrogens is 3. The van der Waals surface area contributed by atoms with Crippen LogP contribution in [0.25, 0.3) is 11.0 Å². The Hall–Kier alpha value is -2.89. The van der Waals surface area contributed by atoms with Crippen molar-refractivity contribution in [3.8, 4) is 5.88 Å². The Morgan fingerprint density at radius 2 is 1.91 bits per heavy atom. The largest absolute Gasteiger partial charge is 0.481 e. The minimum Gasteiger partial charge on any atom is -0.481 e. The van der Waals surface area contributed by atoms with Crippen molar-refractivity contribution in [3.63, 3.8) is 0 Å². The summed E-state index contributed by atoms with van der Waals surface area (Å²) in [5.74, 6) is 4.23. The Kier molecular flexibility index (Phi) is 4.70. The molecule has 0 aliphatic heterocycles. The Bertz CT molecular complexity index is 1130. The third-order valence-corrected chi connectivity index (χ3v) is 7.92. The number of nitrogens with one attached hydrogen (secondary N) is 2. The molecule has 1 amide bonds. The van der Waals surface area contributed by atoms with Gasteiger partial charge in [0.15, 0.2) is 0 Å². The number of methoxy groups -OCH3 is 1. The molecule has 3 aromatic rings. The minimum atomic E-state index is 0.158. The van der Waals surface area contributed by atoms with E-state index >= 15 is 0 Å². The highest BCUT2D eigenvalue weighted by atomic mass is 16.5. The molecule has 7 rings (SSSR count). The summed E-state index contributed by atoms with van der Waals surface area (Å²) in [5, 5.41) is 3.17. The van der Waals surface area contributed by atoms with E-state index in [1.807, 2.05) is 30.3 Å². The van der Waals surface area contributed by atoms with Crippen LogP contribution in [0.4, 0.5) is 5.69 Å². The first-order valence-corrected chi connectivity index (χ1v) is 11.8. The van der Waals surface area contributed by atoms with E-state index in [1.54, 1.807) is 13.3 Å². The van der Waals surface area contributed by atoms with Gasteiger partial charge in [-0.25, -0.2) is 9.97 Å². The second kappa shape index (κ2) is 7.61. The van der Waals surface area contributed by atoms with Gasteiger partial charge in [-0.05, 0) is 86.0 Å². The highest BCUT2D eigenvalue weighted by Crippen LogP contribution is 2.61. The van der Waals surface area contributed by atoms with E-state index < -0.39 is 0 Å². The van der Waals surface area contributed by atoms with Gasteiger partial charge in [0.1, 0.15) is 5.82 Å². The van der Waals surface area contributed by atoms with Gasteiger partial charge in [0.25, 0.3) is 0 Å². The van der Waals surface area contributed by atoms with Crippen LogP contribution in [0.3, 0.4) is 0 Å². The van der Waals surface area contributed by atoms with Crippen molar-refractivity contribution >= 4 is 22.6 Å². The van der Waals surface area contributed by atoms with Crippen LogP contribution >= 0.6 is 0 Å². The molecule has 4 fully saturated rings. The van der Waals surface area contributed by atoms with E-state index in [4.69, 9.17) is 9.72 Å². The summed E-state index contributed by atoms with van der Waals surface area (Å²) in [4.78, 5) is 25.3. The summed E-state index contributed by atoms with van der Waals surface area (Å²) >= 11 is 0. The highest BCUT2D eigenvalue weighted by Gasteiger charge is 2.51. The Morgan fingerprint density at radius 1 is 1.16 bits per heavy atom. The van der Waals surface area contributed by atoms with Crippen molar-refractivity contribution < 1.29 is 9.53 Å². The number of nitrogens with zero attached hydrogens (tertiary/aromatic N) is 2. The zero-order valence-corrected chi connectivity index (χ0v) is 18.6. The second-order valence-corrected chi connectivity index (χ2v) is 10.4. The molecule has 2 heterocycles. The van der Waals surface area contributed by atoms with Gasteiger partial charge in [0.05, 0.1) is 18.1 Å². The van der Waals surface area contributed by atoms with E-state index in [-0.39, 0.29) is 11.3 Å². The molecule has 0 saturated heterocycles. The number of carbonyl (C=O) groups excluding carboxylic acids is 1. The van der Waals surface area contributed by atoms with Crippen LogP contribution in [0.2, 0.25) is 0 Å². The topological polar surface area (TPSA) is 79.9 Å². The normalized spacial score (nSPS) is 28.2. The quantitative estimate of drug-likeness (QED) is 0.570. The zero-order valence-electron chi connectivity index (χ0n) is 18.6. The summed E-state index contributed by atoms with van der Waals surface area (Å²) < 4.78 is 5.35. The van der Waals surface area contributed by atoms with Gasteiger partial charge in [-0.3, -0.25) is 4.79 Å². The average Bonchev–Trinajstić information content (AvgIpc) is 3.14. The first-order valence-electron chi connectivity index (χ1n) is 11.8. The van der Waals surface area contributed by atoms with Crippen LogP contribution in [-0.4, -0.2) is 28.0 Å². The number of rotatable bonds is 6. The molecule has 2 N–H and O–H groups in total. The Labute approximate surface area is 188 Å². The van der Waals surface area contributed by atoms with Crippen LogP contribution in [0, 0.1) is 23.2 Å². The number of hydrogen-bond donors (Lipinski definition) is 2. The Balaban J connectivity index is 1.15. The molecule has 0 unspecified atom stereocenters. The average molecular weight is 431 g/mol. The number of imidazole rings is 1. The summed E-state index contributed by atoms with van der Waals surface area (Å²) in [5.41, 5.74) is 3.89. The minimum absolute atomic E-state index is 0.158. The van der Waals surface area contributed by atoms with Gasteiger partial charge >= 0.3 is 0 Å². The van der Waals surface area contributed by atoms with E-state index in [1.165, 1.54) is 38.5 Å². The van der Waals surface area contributed by atoms with Gasteiger partial charge in [0.2, 0.25) is 11.8 Å². The van der Waals surface area contributed by atoms with Crippen LogP contribution in [0.5, 0.6) is 5.88 Å². The monoisotopic (exact) mass is 430 g/mol. The standard InChI is InChI=1S/C26H30N4O2/c1-32-25-19(3-2-6-27-25)10-23-29-21-5-4-20(11-22(21)30-23)28-24(31)15-26-12-16-7-17(13-26)9-18(8-16)14-26/h2-6,11,16-18H,7-10,12-15H2,1H3,(H,28,31)(H,29,30). The van der Waals surface area contributed by atoms with Gasteiger partial charge in [-0.2, -0.15) is 0 Å². The van der Waals surface area contributed by atoms with E-state index in [0.717, 1.165) is 45.9 Å². The van der Waals surface area contributed by atoms with Gasteiger partial charge in [-0.1, -0.05) is 6.07 Å². The number of carbonyl (C=O) groups is 1. The number of fused-ring (bicyclic) bond motifs is 1. The lowest BCUT2D eigenvalue weighted by Crippen LogP contribution is -2.47. The lowest BCUT2D eigenvalue weighted by atomic mass is 9.49. The molecule has 2 aromatic heterocycles. The molecule has 4 saturated carbocycles. The maximum Gasteiger partial charge on any atom is 0.224 e. The fourth-order valence-electron chi connectivity index (χ4n) is 7.20. The summed E-state index contributed by atoms with van der Waals surface area (Å²) in [6.07, 6.45) is 11.0. The van der Waals surface area contributed by atoms with Crippen molar-refractivity contribution in [2.45, 2.75) is 51.4 Å². The predicted molar refractivity (Wildman–Crippen MR) is 124 cm³/mol. The number of amides is 1. The SMILES string of the molecule is COc1ncccc1Cc1nc2ccc(NC(=O)CC34CC5CC(CC(C5)C3)C4)cc2[nH]1. The second-order valence-electron chi connectivity index (χ2n) is 10.4. The maximum absolute atomic E-state index is 13.0. The van der Waals surface area contributed by atoms with Crippen molar-refractivity contribution in [2.75, 3.05) is 12.4 Å². The van der Waals surface area contributed by atoms with Crippen LogP contribution in [0.15, 0.2) is 36.5 Å². The predicted octanol–water partition coefficient (Wildman–Crippen LogP) is 5.10. The molecule has 166 valence electrons. The molecule has 0 radical (unpaired) electrons. The molecule has 6 heteroatoms. The number of ether oxygens (including phenoxy) is 1. The smallest absolute Gasteiger partial charge is 0.224 e. The molecule has 0 atom stereocenters. The van der Waals surface area contributed by atoms with Crippen LogP contribution < -0.4 is 10.1 Å². The highest BCUT2D eigenvalue weighted by molar-refractivity contribution is 5.93. The third-order valence-electron chi connectivity index (χ3n) is 7.92. The maximum atomic E-state index is 13.0. The lowest BCUT2D eigenvalue weighted by Gasteiger charge is -2.56. The number of hydrogen-bond acceptors (Lipinski definition) is 4. The van der Waals surface area contributed by atoms with Crippen LogP contribution in [0.1, 0.15) is 56.3 Å². The first-order chi connectivity index (χ1) is 15.6. The summed E-state index contributed by atoms with van der Waals surface area (Å²) in [6, 6.07) is 9.81. The van der Waals surface area contributed by atoms with E-state index in [0.29, 0.717) is 18.7 Å². The number of pyridine rings is 1. The lowest BCUT2D eigenvalue weighted by molar-refractivity contribution is -0.124. The van der Waals surface area contributed by atoms with Gasteiger partial charge in [-0.15, -0.1) is 0 Å². The molecule has 4 bridgehead atoms. The fourth-order valence-corrected chi connectivity index (χ4v) is 7.20. The van der Waals surface area contributed by atoms with Crippen molar-refractivity contribution in [1.29, 1.82) is 0 Å². The van der Waals surface area contributed by atoms with Crippen LogP contribution in [-0.2, 0) is 11.2 Å². The fraction of sp³-hybridized carbons (Fsp3) is 0.500. The van der Waals surface area contributed by atoms with Gasteiger partial charge in [0, 0.05) is 30.3 Å². The summed E-state index contributed by atoms with van der Waals surface area (Å²) in [6.45, 7) is 0. The first kappa shape index (κ1) is 19.8. The zero-order chi connectivity index (χ0) is 21.7. The number of aromatic amines is 1. The molecule has 32 heavy (non-hydrogen) atoms. The third kappa shape index (κ3) is 3.65. The molecule has 4 aliphatic carbocycles. The molecular weight excluding hydrogens is 400 g/mol. The number of benzene rings is 1. The summed E-state index contributed by atoms with van der Waals surface area (Å²) in [7, 11) is 1.63. The molecule has 1 aromatic carbocycles. The van der Waals surface area contributed by atoms with Crippen molar-refractivity contribution in [2.24, 2.45) is 23.2 Å². The Morgan fingerprint density at radius 3 is 2.62 bits per heavy atom. The molecule has 6 nitrogen and oxygen atoms in total.